The standard InChI is InChI=1S/C16H16F3N3O2/c1-24-13-8-10(2-5-12(13)17)15(23)22(11-3-4-11)9-14-20-6-7-21(14)16(18)19/h2,5-8,11,16H,3-4,9H2,1H3. The van der Waals surface area contributed by atoms with Crippen molar-refractivity contribution in [2.45, 2.75) is 32.0 Å². The molecule has 0 radical (unpaired) electrons. The van der Waals surface area contributed by atoms with Crippen molar-refractivity contribution in [3.05, 3.63) is 47.8 Å². The van der Waals surface area contributed by atoms with Crippen molar-refractivity contribution < 1.29 is 22.7 Å². The molecule has 1 aromatic heterocycles. The van der Waals surface area contributed by atoms with E-state index in [2.05, 4.69) is 4.98 Å². The molecule has 2 aromatic rings. The van der Waals surface area contributed by atoms with Crippen LogP contribution in [-0.4, -0.2) is 33.5 Å². The molecule has 1 aliphatic rings. The molecule has 1 aromatic carbocycles. The molecule has 1 aliphatic carbocycles. The Hall–Kier alpha value is -2.51. The molecule has 5 nitrogen and oxygen atoms in total. The topological polar surface area (TPSA) is 47.4 Å². The Bertz CT molecular complexity index is 744. The van der Waals surface area contributed by atoms with Crippen LogP contribution >= 0.6 is 0 Å². The van der Waals surface area contributed by atoms with Gasteiger partial charge >= 0.3 is 6.55 Å². The first-order chi connectivity index (χ1) is 11.5. The van der Waals surface area contributed by atoms with Crippen LogP contribution in [0.15, 0.2) is 30.6 Å². The normalized spacial score (nSPS) is 14.0. The highest BCUT2D eigenvalue weighted by molar-refractivity contribution is 5.95. The predicted octanol–water partition coefficient (Wildman–Crippen LogP) is 3.23. The number of imidazole rings is 1. The number of benzene rings is 1. The molecule has 1 amide bonds. The highest BCUT2D eigenvalue weighted by Crippen LogP contribution is 2.31. The molecule has 1 heterocycles. The number of halogens is 3. The smallest absolute Gasteiger partial charge is 0.319 e. The molecular weight excluding hydrogens is 323 g/mol. The van der Waals surface area contributed by atoms with Crippen molar-refractivity contribution >= 4 is 5.91 Å². The Labute approximate surface area is 136 Å². The summed E-state index contributed by atoms with van der Waals surface area (Å²) in [5, 5.41) is 0. The predicted molar refractivity (Wildman–Crippen MR) is 79.3 cm³/mol. The Morgan fingerprint density at radius 3 is 2.83 bits per heavy atom. The van der Waals surface area contributed by atoms with Gasteiger partial charge in [0.15, 0.2) is 11.6 Å². The lowest BCUT2D eigenvalue weighted by Crippen LogP contribution is -2.33. The van der Waals surface area contributed by atoms with Crippen LogP contribution in [0.2, 0.25) is 0 Å². The highest BCUT2D eigenvalue weighted by Gasteiger charge is 2.34. The Balaban J connectivity index is 1.86. The van der Waals surface area contributed by atoms with E-state index in [9.17, 15) is 18.0 Å². The maximum atomic E-state index is 13.5. The van der Waals surface area contributed by atoms with E-state index in [1.165, 1.54) is 36.5 Å². The fraction of sp³-hybridized carbons (Fsp3) is 0.375. The van der Waals surface area contributed by atoms with E-state index in [1.54, 1.807) is 0 Å². The van der Waals surface area contributed by atoms with Crippen LogP contribution in [0.25, 0.3) is 0 Å². The number of alkyl halides is 2. The van der Waals surface area contributed by atoms with E-state index in [-0.39, 0.29) is 35.6 Å². The summed E-state index contributed by atoms with van der Waals surface area (Å²) in [5.41, 5.74) is 0.246. The first kappa shape index (κ1) is 16.4. The number of methoxy groups -OCH3 is 1. The minimum absolute atomic E-state index is 0.0172. The van der Waals surface area contributed by atoms with Gasteiger partial charge in [-0.2, -0.15) is 8.78 Å². The van der Waals surface area contributed by atoms with E-state index < -0.39 is 12.4 Å². The Morgan fingerprint density at radius 2 is 2.21 bits per heavy atom. The summed E-state index contributed by atoms with van der Waals surface area (Å²) in [6.45, 7) is -2.75. The maximum absolute atomic E-state index is 13.5. The quantitative estimate of drug-likeness (QED) is 0.812. The zero-order chi connectivity index (χ0) is 17.3. The summed E-state index contributed by atoms with van der Waals surface area (Å²) >= 11 is 0. The van der Waals surface area contributed by atoms with Crippen molar-refractivity contribution in [1.82, 2.24) is 14.5 Å². The fourth-order valence-corrected chi connectivity index (χ4v) is 2.51. The van der Waals surface area contributed by atoms with Crippen molar-refractivity contribution in [2.24, 2.45) is 0 Å². The van der Waals surface area contributed by atoms with Crippen LogP contribution in [-0.2, 0) is 6.54 Å². The van der Waals surface area contributed by atoms with Crippen molar-refractivity contribution in [1.29, 1.82) is 0 Å². The summed E-state index contributed by atoms with van der Waals surface area (Å²) in [6, 6.07) is 3.80. The van der Waals surface area contributed by atoms with Crippen LogP contribution in [0.5, 0.6) is 5.75 Å². The fourth-order valence-electron chi connectivity index (χ4n) is 2.51. The third-order valence-corrected chi connectivity index (χ3v) is 3.92. The number of hydrogen-bond acceptors (Lipinski definition) is 3. The van der Waals surface area contributed by atoms with E-state index in [1.807, 2.05) is 0 Å². The molecule has 128 valence electrons. The van der Waals surface area contributed by atoms with E-state index in [4.69, 9.17) is 4.74 Å². The molecule has 3 rings (SSSR count). The van der Waals surface area contributed by atoms with Gasteiger partial charge in [-0.25, -0.2) is 9.37 Å². The van der Waals surface area contributed by atoms with Gasteiger partial charge in [-0.1, -0.05) is 0 Å². The lowest BCUT2D eigenvalue weighted by atomic mass is 10.1. The Kier molecular flexibility index (Phi) is 4.46. The van der Waals surface area contributed by atoms with Gasteiger partial charge in [-0.05, 0) is 31.0 Å². The number of hydrogen-bond donors (Lipinski definition) is 0. The van der Waals surface area contributed by atoms with Gasteiger partial charge in [0, 0.05) is 24.0 Å². The minimum atomic E-state index is -2.72. The maximum Gasteiger partial charge on any atom is 0.319 e. The van der Waals surface area contributed by atoms with E-state index in [0.29, 0.717) is 0 Å². The second kappa shape index (κ2) is 6.54. The first-order valence-electron chi connectivity index (χ1n) is 7.45. The average Bonchev–Trinajstić information content (AvgIpc) is 3.30. The molecule has 8 heteroatoms. The molecule has 0 N–H and O–H groups in total. The molecule has 24 heavy (non-hydrogen) atoms. The van der Waals surface area contributed by atoms with E-state index in [0.717, 1.165) is 23.5 Å². The number of carbonyl (C=O) groups excluding carboxylic acids is 1. The van der Waals surface area contributed by atoms with Crippen LogP contribution in [0.3, 0.4) is 0 Å². The highest BCUT2D eigenvalue weighted by atomic mass is 19.3. The number of carbonyl (C=O) groups is 1. The molecule has 0 saturated heterocycles. The number of amides is 1. The summed E-state index contributed by atoms with van der Waals surface area (Å²) in [7, 11) is 1.31. The third kappa shape index (κ3) is 3.22. The first-order valence-corrected chi connectivity index (χ1v) is 7.45. The van der Waals surface area contributed by atoms with Crippen molar-refractivity contribution in [3.63, 3.8) is 0 Å². The van der Waals surface area contributed by atoms with Crippen LogP contribution in [0.1, 0.15) is 35.6 Å². The average molecular weight is 339 g/mol. The van der Waals surface area contributed by atoms with Gasteiger partial charge in [0.25, 0.3) is 5.91 Å². The second-order valence-corrected chi connectivity index (χ2v) is 5.54. The van der Waals surface area contributed by atoms with Gasteiger partial charge in [0.2, 0.25) is 0 Å². The molecular formula is C16H16F3N3O2. The molecule has 1 fully saturated rings. The van der Waals surface area contributed by atoms with Gasteiger partial charge in [0.05, 0.1) is 13.7 Å². The SMILES string of the molecule is COc1cc(C(=O)N(Cc2nccn2C(F)F)C2CC2)ccc1F. The number of aromatic nitrogens is 2. The van der Waals surface area contributed by atoms with Crippen LogP contribution in [0, 0.1) is 5.82 Å². The molecule has 0 atom stereocenters. The van der Waals surface area contributed by atoms with Gasteiger partial charge in [0.1, 0.15) is 5.82 Å². The molecule has 0 unspecified atom stereocenters. The third-order valence-electron chi connectivity index (χ3n) is 3.92. The van der Waals surface area contributed by atoms with Crippen molar-refractivity contribution in [3.8, 4) is 5.75 Å². The summed E-state index contributed by atoms with van der Waals surface area (Å²) in [5.74, 6) is -0.857. The van der Waals surface area contributed by atoms with Gasteiger partial charge < -0.3 is 9.64 Å². The number of rotatable bonds is 6. The van der Waals surface area contributed by atoms with Crippen LogP contribution in [0.4, 0.5) is 13.2 Å². The zero-order valence-corrected chi connectivity index (χ0v) is 13.0. The number of nitrogens with zero attached hydrogens (tertiary/aromatic N) is 3. The molecule has 0 aliphatic heterocycles. The lowest BCUT2D eigenvalue weighted by molar-refractivity contribution is 0.0584. The Morgan fingerprint density at radius 1 is 1.46 bits per heavy atom. The second-order valence-electron chi connectivity index (χ2n) is 5.54. The number of ether oxygens (including phenoxy) is 1. The molecule has 0 bridgehead atoms. The van der Waals surface area contributed by atoms with Crippen molar-refractivity contribution in [2.75, 3.05) is 7.11 Å². The summed E-state index contributed by atoms with van der Waals surface area (Å²) < 4.78 is 45.0. The monoisotopic (exact) mass is 339 g/mol. The van der Waals surface area contributed by atoms with Gasteiger partial charge in [-0.15, -0.1) is 0 Å². The van der Waals surface area contributed by atoms with Gasteiger partial charge in [-0.3, -0.25) is 9.36 Å². The zero-order valence-electron chi connectivity index (χ0n) is 13.0. The minimum Gasteiger partial charge on any atom is -0.494 e. The molecule has 0 spiro atoms. The summed E-state index contributed by atoms with van der Waals surface area (Å²) in [6.07, 6.45) is 4.06. The molecule has 1 saturated carbocycles. The van der Waals surface area contributed by atoms with E-state index >= 15 is 0 Å². The largest absolute Gasteiger partial charge is 0.494 e. The van der Waals surface area contributed by atoms with Crippen LogP contribution < -0.4 is 4.74 Å². The summed E-state index contributed by atoms with van der Waals surface area (Å²) in [4.78, 5) is 18.1. The lowest BCUT2D eigenvalue weighted by Gasteiger charge is -2.23.